The molecule has 7 nitrogen and oxygen atoms in total. The fourth-order valence-electron chi connectivity index (χ4n) is 3.11. The maximum absolute atomic E-state index is 12.4. The van der Waals surface area contributed by atoms with Crippen LogP contribution in [-0.2, 0) is 21.2 Å². The number of thiazole rings is 1. The van der Waals surface area contributed by atoms with Crippen molar-refractivity contribution in [2.45, 2.75) is 18.4 Å². The number of amides is 1. The third kappa shape index (κ3) is 4.90. The molecule has 0 saturated heterocycles. The predicted molar refractivity (Wildman–Crippen MR) is 128 cm³/mol. The van der Waals surface area contributed by atoms with Gasteiger partial charge in [0.15, 0.2) is 15.0 Å². The molecule has 0 radical (unpaired) electrons. The molecule has 0 unspecified atom stereocenters. The Morgan fingerprint density at radius 3 is 2.69 bits per heavy atom. The first kappa shape index (κ1) is 22.2. The molecule has 0 aliphatic carbocycles. The summed E-state index contributed by atoms with van der Waals surface area (Å²) in [6, 6.07) is 14.5. The third-order valence-corrected chi connectivity index (χ3v) is 7.15. The molecule has 2 heterocycles. The first-order valence-electron chi connectivity index (χ1n) is 9.57. The molecule has 0 bridgehead atoms. The Morgan fingerprint density at radius 1 is 1.22 bits per heavy atom. The lowest BCUT2D eigenvalue weighted by Gasteiger charge is -2.03. The summed E-state index contributed by atoms with van der Waals surface area (Å²) in [5, 5.41) is 8.00. The molecule has 2 aromatic heterocycles. The van der Waals surface area contributed by atoms with Gasteiger partial charge in [-0.2, -0.15) is 5.10 Å². The zero-order chi connectivity index (χ0) is 22.9. The van der Waals surface area contributed by atoms with Crippen LogP contribution < -0.4 is 5.32 Å². The summed E-state index contributed by atoms with van der Waals surface area (Å²) >= 11 is 7.69. The van der Waals surface area contributed by atoms with Crippen LogP contribution in [0, 0.1) is 6.92 Å². The number of fused-ring (bicyclic) bond motifs is 1. The zero-order valence-electron chi connectivity index (χ0n) is 17.2. The van der Waals surface area contributed by atoms with E-state index in [4.69, 9.17) is 11.6 Å². The third-order valence-electron chi connectivity index (χ3n) is 4.70. The summed E-state index contributed by atoms with van der Waals surface area (Å²) in [6.07, 6.45) is 4.14. The second-order valence-corrected chi connectivity index (χ2v) is 10.6. The molecule has 1 amide bonds. The van der Waals surface area contributed by atoms with E-state index < -0.39 is 9.84 Å². The standard InChI is InChI=1S/C22H19ClN4O3S2/c1-14-17(21(23)27(26-14)13-15-6-4-3-5-7-15)9-11-20(28)25-22-24-18-10-8-16(32(2,29)30)12-19(18)31-22/h3-12H,13H2,1-2H3,(H,24,25,28)/b11-9+. The lowest BCUT2D eigenvalue weighted by Crippen LogP contribution is -2.07. The van der Waals surface area contributed by atoms with Crippen molar-refractivity contribution < 1.29 is 13.2 Å². The van der Waals surface area contributed by atoms with E-state index in [1.807, 2.05) is 37.3 Å². The minimum atomic E-state index is -3.31. The second-order valence-electron chi connectivity index (χ2n) is 7.18. The second kappa shape index (κ2) is 8.85. The number of nitrogens with one attached hydrogen (secondary N) is 1. The average molecular weight is 487 g/mol. The van der Waals surface area contributed by atoms with E-state index in [1.165, 1.54) is 23.5 Å². The van der Waals surface area contributed by atoms with Crippen molar-refractivity contribution in [1.82, 2.24) is 14.8 Å². The Hall–Kier alpha value is -3.01. The maximum atomic E-state index is 12.4. The van der Waals surface area contributed by atoms with E-state index in [9.17, 15) is 13.2 Å². The number of carbonyl (C=O) groups is 1. The fraction of sp³-hybridized carbons (Fsp3) is 0.136. The van der Waals surface area contributed by atoms with Crippen LogP contribution in [0.4, 0.5) is 5.13 Å². The molecule has 4 rings (SSSR count). The Kier molecular flexibility index (Phi) is 6.14. The van der Waals surface area contributed by atoms with Gasteiger partial charge < -0.3 is 0 Å². The van der Waals surface area contributed by atoms with Crippen LogP contribution in [-0.4, -0.2) is 35.3 Å². The summed E-state index contributed by atoms with van der Waals surface area (Å²) in [5.41, 5.74) is 3.06. The van der Waals surface area contributed by atoms with Gasteiger partial charge in [-0.15, -0.1) is 0 Å². The van der Waals surface area contributed by atoms with Crippen molar-refractivity contribution in [3.63, 3.8) is 0 Å². The molecule has 0 aliphatic heterocycles. The highest BCUT2D eigenvalue weighted by atomic mass is 35.5. The van der Waals surface area contributed by atoms with Crippen LogP contribution in [0.15, 0.2) is 59.5 Å². The summed E-state index contributed by atoms with van der Waals surface area (Å²) in [5.74, 6) is -0.376. The van der Waals surface area contributed by atoms with E-state index in [0.29, 0.717) is 38.3 Å². The van der Waals surface area contributed by atoms with Gasteiger partial charge in [-0.1, -0.05) is 53.3 Å². The molecule has 1 N–H and O–H groups in total. The highest BCUT2D eigenvalue weighted by molar-refractivity contribution is 7.90. The number of hydrogen-bond acceptors (Lipinski definition) is 6. The summed E-state index contributed by atoms with van der Waals surface area (Å²) in [4.78, 5) is 17.0. The maximum Gasteiger partial charge on any atom is 0.250 e. The van der Waals surface area contributed by atoms with Crippen LogP contribution in [0.3, 0.4) is 0 Å². The number of sulfone groups is 1. The van der Waals surface area contributed by atoms with Crippen LogP contribution >= 0.6 is 22.9 Å². The van der Waals surface area contributed by atoms with Gasteiger partial charge in [0.25, 0.3) is 0 Å². The van der Waals surface area contributed by atoms with Gasteiger partial charge in [-0.05, 0) is 36.8 Å². The monoisotopic (exact) mass is 486 g/mol. The van der Waals surface area contributed by atoms with Crippen LogP contribution in [0.1, 0.15) is 16.8 Å². The van der Waals surface area contributed by atoms with Gasteiger partial charge in [0.05, 0.1) is 27.4 Å². The molecule has 164 valence electrons. The number of halogens is 1. The number of nitrogens with zero attached hydrogens (tertiary/aromatic N) is 3. The molecule has 10 heteroatoms. The van der Waals surface area contributed by atoms with E-state index in [2.05, 4.69) is 15.4 Å². The highest BCUT2D eigenvalue weighted by Gasteiger charge is 2.13. The number of aryl methyl sites for hydroxylation is 1. The van der Waals surface area contributed by atoms with Crippen molar-refractivity contribution in [2.75, 3.05) is 11.6 Å². The van der Waals surface area contributed by atoms with Crippen LogP contribution in [0.25, 0.3) is 16.3 Å². The van der Waals surface area contributed by atoms with Crippen molar-refractivity contribution in [2.24, 2.45) is 0 Å². The van der Waals surface area contributed by atoms with Gasteiger partial charge in [0, 0.05) is 17.9 Å². The normalized spacial score (nSPS) is 12.0. The number of anilines is 1. The van der Waals surface area contributed by atoms with Gasteiger partial charge in [0.2, 0.25) is 5.91 Å². The number of carbonyl (C=O) groups excluding carboxylic acids is 1. The average Bonchev–Trinajstić information content (AvgIpc) is 3.25. The Balaban J connectivity index is 1.49. The zero-order valence-corrected chi connectivity index (χ0v) is 19.6. The number of aromatic nitrogens is 3. The smallest absolute Gasteiger partial charge is 0.250 e. The molecule has 2 aromatic carbocycles. The molecule has 4 aromatic rings. The lowest BCUT2D eigenvalue weighted by molar-refractivity contribution is -0.111. The number of hydrogen-bond donors (Lipinski definition) is 1. The number of benzene rings is 2. The predicted octanol–water partition coefficient (Wildman–Crippen LogP) is 4.56. The van der Waals surface area contributed by atoms with Crippen molar-refractivity contribution in [1.29, 1.82) is 0 Å². The van der Waals surface area contributed by atoms with Crippen molar-refractivity contribution in [3.8, 4) is 0 Å². The summed E-state index contributed by atoms with van der Waals surface area (Å²) in [7, 11) is -3.31. The molecule has 0 saturated carbocycles. The molecule has 0 fully saturated rings. The summed E-state index contributed by atoms with van der Waals surface area (Å²) < 4.78 is 25.8. The van der Waals surface area contributed by atoms with E-state index >= 15 is 0 Å². The first-order chi connectivity index (χ1) is 15.2. The first-order valence-corrected chi connectivity index (χ1v) is 12.7. The minimum Gasteiger partial charge on any atom is -0.298 e. The van der Waals surface area contributed by atoms with Gasteiger partial charge in [0.1, 0.15) is 5.15 Å². The molecular formula is C22H19ClN4O3S2. The lowest BCUT2D eigenvalue weighted by atomic mass is 10.2. The van der Waals surface area contributed by atoms with E-state index in [1.54, 1.807) is 22.9 Å². The Labute approximate surface area is 194 Å². The summed E-state index contributed by atoms with van der Waals surface area (Å²) in [6.45, 7) is 2.36. The fourth-order valence-corrected chi connectivity index (χ4v) is 5.04. The molecule has 0 aliphatic rings. The van der Waals surface area contributed by atoms with Crippen molar-refractivity contribution >= 4 is 60.1 Å². The van der Waals surface area contributed by atoms with Crippen LogP contribution in [0.5, 0.6) is 0 Å². The van der Waals surface area contributed by atoms with Gasteiger partial charge in [-0.25, -0.2) is 18.1 Å². The quantitative estimate of drug-likeness (QED) is 0.403. The van der Waals surface area contributed by atoms with Gasteiger partial charge >= 0.3 is 0 Å². The minimum absolute atomic E-state index is 0.212. The number of rotatable bonds is 6. The SMILES string of the molecule is Cc1nn(Cc2ccccc2)c(Cl)c1/C=C/C(=O)Nc1nc2ccc(S(C)(=O)=O)cc2s1. The molecule has 0 atom stereocenters. The van der Waals surface area contributed by atoms with Gasteiger partial charge in [-0.3, -0.25) is 10.1 Å². The van der Waals surface area contributed by atoms with Crippen molar-refractivity contribution in [3.05, 3.63) is 76.6 Å². The molecular weight excluding hydrogens is 468 g/mol. The van der Waals surface area contributed by atoms with E-state index in [0.717, 1.165) is 11.8 Å². The molecule has 0 spiro atoms. The highest BCUT2D eigenvalue weighted by Crippen LogP contribution is 2.28. The van der Waals surface area contributed by atoms with E-state index in [-0.39, 0.29) is 10.8 Å². The Bertz CT molecular complexity index is 1440. The van der Waals surface area contributed by atoms with Crippen LogP contribution in [0.2, 0.25) is 5.15 Å². The Morgan fingerprint density at radius 2 is 1.97 bits per heavy atom. The molecule has 32 heavy (non-hydrogen) atoms. The topological polar surface area (TPSA) is 93.9 Å². The largest absolute Gasteiger partial charge is 0.298 e.